The molecular weight excluding hydrogens is 569 g/mol. The molecule has 0 aromatic rings. The van der Waals surface area contributed by atoms with Gasteiger partial charge >= 0.3 is 0 Å². The molecule has 0 bridgehead atoms. The SMILES string of the molecule is O=C(NC(CO)(CO)CO)[C@H]1CCN(C(=O)CC2CCC(OCCCC3CCN(C4NCC(Cl)CN4)CC3)CC2F)C1. The zero-order chi connectivity index (χ0) is 30.1. The van der Waals surface area contributed by atoms with Gasteiger partial charge in [-0.25, -0.2) is 4.39 Å². The van der Waals surface area contributed by atoms with Crippen molar-refractivity contribution < 1.29 is 34.0 Å². The van der Waals surface area contributed by atoms with Gasteiger partial charge in [-0.1, -0.05) is 0 Å². The van der Waals surface area contributed by atoms with E-state index in [2.05, 4.69) is 20.9 Å². The second kappa shape index (κ2) is 16.3. The van der Waals surface area contributed by atoms with E-state index in [1.54, 1.807) is 4.90 Å². The summed E-state index contributed by atoms with van der Waals surface area (Å²) in [5.41, 5.74) is -1.49. The highest BCUT2D eigenvalue weighted by Gasteiger charge is 2.38. The quantitative estimate of drug-likeness (QED) is 0.125. The monoisotopic (exact) mass is 619 g/mol. The van der Waals surface area contributed by atoms with E-state index in [4.69, 9.17) is 16.3 Å². The van der Waals surface area contributed by atoms with E-state index >= 15 is 4.39 Å². The van der Waals surface area contributed by atoms with Crippen molar-refractivity contribution >= 4 is 23.4 Å². The molecule has 4 rings (SSSR count). The lowest BCUT2D eigenvalue weighted by Gasteiger charge is -2.41. The smallest absolute Gasteiger partial charge is 0.225 e. The second-order valence-electron chi connectivity index (χ2n) is 12.8. The molecule has 6 N–H and O–H groups in total. The third kappa shape index (κ3) is 9.20. The maximum absolute atomic E-state index is 15.1. The van der Waals surface area contributed by atoms with Gasteiger partial charge in [0.05, 0.1) is 37.2 Å². The van der Waals surface area contributed by atoms with Crippen LogP contribution in [-0.4, -0.2) is 132 Å². The summed E-state index contributed by atoms with van der Waals surface area (Å²) < 4.78 is 21.1. The normalized spacial score (nSPS) is 31.8. The van der Waals surface area contributed by atoms with Gasteiger partial charge in [-0.2, -0.15) is 0 Å². The highest BCUT2D eigenvalue weighted by atomic mass is 35.5. The molecule has 3 aliphatic heterocycles. The molecule has 42 heavy (non-hydrogen) atoms. The number of ether oxygens (including phenoxy) is 1. The summed E-state index contributed by atoms with van der Waals surface area (Å²) >= 11 is 6.15. The number of nitrogens with zero attached hydrogens (tertiary/aromatic N) is 2. The Labute approximate surface area is 253 Å². The van der Waals surface area contributed by atoms with Crippen molar-refractivity contribution in [3.8, 4) is 0 Å². The minimum Gasteiger partial charge on any atom is -0.394 e. The number of hydrogen-bond acceptors (Lipinski definition) is 9. The van der Waals surface area contributed by atoms with Gasteiger partial charge in [0.15, 0.2) is 0 Å². The van der Waals surface area contributed by atoms with Gasteiger partial charge in [0.25, 0.3) is 0 Å². The zero-order valence-corrected chi connectivity index (χ0v) is 25.4. The number of hydrogen-bond donors (Lipinski definition) is 6. The van der Waals surface area contributed by atoms with Crippen molar-refractivity contribution in [1.29, 1.82) is 0 Å². The molecule has 1 aliphatic carbocycles. The largest absolute Gasteiger partial charge is 0.394 e. The molecule has 13 heteroatoms. The summed E-state index contributed by atoms with van der Waals surface area (Å²) in [5, 5.41) is 37.9. The lowest BCUT2D eigenvalue weighted by molar-refractivity contribution is -0.133. The Hall–Kier alpha value is -1.12. The number of carbonyl (C=O) groups is 2. The second-order valence-corrected chi connectivity index (χ2v) is 13.4. The third-order valence-corrected chi connectivity index (χ3v) is 10.0. The molecule has 4 fully saturated rings. The minimum atomic E-state index is -1.49. The van der Waals surface area contributed by atoms with E-state index in [9.17, 15) is 24.9 Å². The Morgan fingerprint density at radius 2 is 1.69 bits per heavy atom. The van der Waals surface area contributed by atoms with Crippen LogP contribution in [0.5, 0.6) is 0 Å². The number of likely N-dealkylation sites (tertiary alicyclic amines) is 2. The topological polar surface area (TPSA) is 147 Å². The first-order valence-corrected chi connectivity index (χ1v) is 16.2. The van der Waals surface area contributed by atoms with Gasteiger partial charge in [0.2, 0.25) is 11.8 Å². The van der Waals surface area contributed by atoms with Crippen molar-refractivity contribution in [2.45, 2.75) is 87.3 Å². The summed E-state index contributed by atoms with van der Waals surface area (Å²) in [6, 6.07) is 0. The number of rotatable bonds is 13. The third-order valence-electron chi connectivity index (χ3n) is 9.69. The molecule has 3 heterocycles. The van der Waals surface area contributed by atoms with Gasteiger partial charge in [-0.3, -0.25) is 25.1 Å². The molecule has 11 nitrogen and oxygen atoms in total. The van der Waals surface area contributed by atoms with Crippen LogP contribution in [-0.2, 0) is 14.3 Å². The molecular formula is C29H51ClFN5O6. The first kappa shape index (κ1) is 33.8. The first-order chi connectivity index (χ1) is 20.3. The van der Waals surface area contributed by atoms with Crippen LogP contribution in [0.3, 0.4) is 0 Å². The average molecular weight is 620 g/mol. The van der Waals surface area contributed by atoms with Gasteiger partial charge < -0.3 is 30.3 Å². The first-order valence-electron chi connectivity index (χ1n) is 15.8. The van der Waals surface area contributed by atoms with Crippen molar-refractivity contribution in [2.75, 3.05) is 65.7 Å². The maximum atomic E-state index is 15.1. The van der Waals surface area contributed by atoms with E-state index in [0.717, 1.165) is 45.4 Å². The predicted octanol–water partition coefficient (Wildman–Crippen LogP) is 0.156. The molecule has 3 unspecified atom stereocenters. The number of alkyl halides is 2. The minimum absolute atomic E-state index is 0.105. The predicted molar refractivity (Wildman–Crippen MR) is 156 cm³/mol. The van der Waals surface area contributed by atoms with Gasteiger partial charge in [-0.05, 0) is 56.8 Å². The Morgan fingerprint density at radius 3 is 2.33 bits per heavy atom. The Kier molecular flexibility index (Phi) is 13.1. The Bertz CT molecular complexity index is 848. The van der Waals surface area contributed by atoms with E-state index in [0.29, 0.717) is 38.3 Å². The van der Waals surface area contributed by atoms with Gasteiger partial charge in [-0.15, -0.1) is 11.6 Å². The fourth-order valence-corrected chi connectivity index (χ4v) is 6.89. The van der Waals surface area contributed by atoms with Crippen LogP contribution in [0.4, 0.5) is 4.39 Å². The van der Waals surface area contributed by atoms with Crippen molar-refractivity contribution in [3.05, 3.63) is 0 Å². The number of amides is 2. The van der Waals surface area contributed by atoms with Gasteiger partial charge in [0.1, 0.15) is 18.0 Å². The highest BCUT2D eigenvalue weighted by molar-refractivity contribution is 6.21. The highest BCUT2D eigenvalue weighted by Crippen LogP contribution is 2.33. The van der Waals surface area contributed by atoms with Crippen LogP contribution in [0.25, 0.3) is 0 Å². The molecule has 0 aromatic heterocycles. The summed E-state index contributed by atoms with van der Waals surface area (Å²) in [7, 11) is 0. The molecule has 4 aliphatic rings. The summed E-state index contributed by atoms with van der Waals surface area (Å²) in [6.45, 7) is 3.26. The van der Waals surface area contributed by atoms with Crippen molar-refractivity contribution in [1.82, 2.24) is 25.8 Å². The van der Waals surface area contributed by atoms with E-state index < -0.39 is 43.4 Å². The molecule has 242 valence electrons. The molecule has 0 aromatic carbocycles. The van der Waals surface area contributed by atoms with Crippen LogP contribution in [0.15, 0.2) is 0 Å². The number of nitrogens with one attached hydrogen (secondary N) is 3. The molecule has 0 radical (unpaired) electrons. The van der Waals surface area contributed by atoms with Crippen LogP contribution in [0, 0.1) is 17.8 Å². The number of aliphatic hydroxyl groups is 3. The van der Waals surface area contributed by atoms with Crippen LogP contribution < -0.4 is 16.0 Å². The van der Waals surface area contributed by atoms with E-state index in [-0.39, 0.29) is 42.6 Å². The van der Waals surface area contributed by atoms with Crippen LogP contribution in [0.1, 0.15) is 57.8 Å². The maximum Gasteiger partial charge on any atom is 0.225 e. The summed E-state index contributed by atoms with van der Waals surface area (Å²) in [6.07, 6.45) is 5.71. The van der Waals surface area contributed by atoms with Crippen LogP contribution in [0.2, 0.25) is 0 Å². The lowest BCUT2D eigenvalue weighted by Crippen LogP contribution is -2.62. The van der Waals surface area contributed by atoms with E-state index in [1.165, 1.54) is 12.8 Å². The summed E-state index contributed by atoms with van der Waals surface area (Å²) in [4.78, 5) is 29.6. The number of aliphatic hydroxyl groups excluding tert-OH is 3. The zero-order valence-electron chi connectivity index (χ0n) is 24.7. The van der Waals surface area contributed by atoms with Crippen molar-refractivity contribution in [3.63, 3.8) is 0 Å². The molecule has 4 atom stereocenters. The van der Waals surface area contributed by atoms with Crippen LogP contribution >= 0.6 is 11.6 Å². The number of carbonyl (C=O) groups excluding carboxylic acids is 2. The van der Waals surface area contributed by atoms with Gasteiger partial charge in [0, 0.05) is 58.7 Å². The lowest BCUT2D eigenvalue weighted by atomic mass is 9.83. The Morgan fingerprint density at radius 1 is 1.00 bits per heavy atom. The Balaban J connectivity index is 1.08. The molecule has 0 spiro atoms. The summed E-state index contributed by atoms with van der Waals surface area (Å²) in [5.74, 6) is -0.721. The standard InChI is InChI=1S/C29H51ClFN5O6/c30-23-14-32-28(33-15-23)35-8-5-20(6-9-35)2-1-11-42-24-4-3-21(25(31)13-24)12-26(40)36-10-7-22(16-36)27(41)34-29(17-37,18-38)19-39/h20-25,28,32-33,37-39H,1-19H2,(H,34,41)/t21?,22-,23?,24?,25?,28?/m0/s1. The van der Waals surface area contributed by atoms with Crippen molar-refractivity contribution in [2.24, 2.45) is 17.8 Å². The average Bonchev–Trinajstić information content (AvgIpc) is 3.51. The molecule has 1 saturated carbocycles. The molecule has 2 amide bonds. The number of piperidine rings is 1. The molecule has 3 saturated heterocycles. The fraction of sp³-hybridized carbons (Fsp3) is 0.931. The fourth-order valence-electron chi connectivity index (χ4n) is 6.71. The number of halogens is 2. The van der Waals surface area contributed by atoms with E-state index in [1.807, 2.05) is 0 Å².